The number of cyclic esters (lactones) is 1. The molecule has 6 rings (SSSR count). The standard InChI is InChI=1S/C25H18N2O6/c1-2-25(31)16-10-18-21-14(11-27(18)23(29)15(16)12-33-24(25)30)20(22(28)19-8-5-9-32-19)13-6-3-4-7-17(13)26-21/h3-10,31H,2,11-12H2,1H3/t25-/m0/s1. The Morgan fingerprint density at radius 3 is 2.76 bits per heavy atom. The van der Waals surface area contributed by atoms with Crippen LogP contribution >= 0.6 is 0 Å². The van der Waals surface area contributed by atoms with Crippen LogP contribution in [0.3, 0.4) is 0 Å². The lowest BCUT2D eigenvalue weighted by Crippen LogP contribution is -2.44. The quantitative estimate of drug-likeness (QED) is 0.338. The SMILES string of the molecule is CC[C@@]1(O)C(=O)OCc2c1cc1n(c2=O)Cc2c-1nc1ccccc1c2C(=O)c1ccco1. The van der Waals surface area contributed by atoms with Crippen molar-refractivity contribution in [3.05, 3.63) is 87.1 Å². The molecule has 0 saturated carbocycles. The van der Waals surface area contributed by atoms with Crippen LogP contribution in [0.1, 0.15) is 46.2 Å². The molecule has 0 saturated heterocycles. The Balaban J connectivity index is 1.67. The second kappa shape index (κ2) is 6.73. The summed E-state index contributed by atoms with van der Waals surface area (Å²) in [6.45, 7) is 1.58. The van der Waals surface area contributed by atoms with E-state index in [2.05, 4.69) is 0 Å². The van der Waals surface area contributed by atoms with Gasteiger partial charge in [0.05, 0.1) is 35.3 Å². The van der Waals surface area contributed by atoms with Crippen LogP contribution in [0, 0.1) is 0 Å². The second-order valence-corrected chi connectivity index (χ2v) is 8.24. The van der Waals surface area contributed by atoms with Gasteiger partial charge in [-0.25, -0.2) is 9.78 Å². The molecule has 0 radical (unpaired) electrons. The second-order valence-electron chi connectivity index (χ2n) is 8.24. The summed E-state index contributed by atoms with van der Waals surface area (Å²) in [7, 11) is 0. The molecule has 0 fully saturated rings. The fraction of sp³-hybridized carbons (Fsp3) is 0.200. The fourth-order valence-corrected chi connectivity index (χ4v) is 4.82. The van der Waals surface area contributed by atoms with Gasteiger partial charge in [0.15, 0.2) is 11.4 Å². The molecule has 0 spiro atoms. The molecule has 0 amide bonds. The maximum atomic E-state index is 13.5. The zero-order valence-electron chi connectivity index (χ0n) is 17.6. The van der Waals surface area contributed by atoms with Crippen LogP contribution in [-0.4, -0.2) is 26.4 Å². The lowest BCUT2D eigenvalue weighted by atomic mass is 9.86. The molecule has 2 aliphatic rings. The molecule has 8 nitrogen and oxygen atoms in total. The van der Waals surface area contributed by atoms with Crippen molar-refractivity contribution in [3.8, 4) is 11.4 Å². The number of ether oxygens (including phenoxy) is 1. The van der Waals surface area contributed by atoms with Gasteiger partial charge in [0.25, 0.3) is 5.56 Å². The van der Waals surface area contributed by atoms with E-state index in [1.807, 2.05) is 18.2 Å². The number of para-hydroxylation sites is 1. The van der Waals surface area contributed by atoms with Crippen molar-refractivity contribution in [3.63, 3.8) is 0 Å². The summed E-state index contributed by atoms with van der Waals surface area (Å²) in [6.07, 6.45) is 1.49. The van der Waals surface area contributed by atoms with E-state index in [0.29, 0.717) is 33.4 Å². The van der Waals surface area contributed by atoms with Crippen molar-refractivity contribution in [2.75, 3.05) is 0 Å². The van der Waals surface area contributed by atoms with Crippen molar-refractivity contribution in [2.24, 2.45) is 0 Å². The van der Waals surface area contributed by atoms with E-state index >= 15 is 0 Å². The third-order valence-electron chi connectivity index (χ3n) is 6.57. The minimum absolute atomic E-state index is 0.0575. The van der Waals surface area contributed by atoms with Crippen LogP contribution in [0.4, 0.5) is 0 Å². The summed E-state index contributed by atoms with van der Waals surface area (Å²) in [5.41, 5.74) is 0.727. The van der Waals surface area contributed by atoms with Crippen molar-refractivity contribution < 1.29 is 23.8 Å². The molecule has 0 aliphatic carbocycles. The average molecular weight is 442 g/mol. The van der Waals surface area contributed by atoms with Gasteiger partial charge in [-0.15, -0.1) is 0 Å². The number of carbonyl (C=O) groups excluding carboxylic acids is 2. The van der Waals surface area contributed by atoms with Gasteiger partial charge in [-0.1, -0.05) is 25.1 Å². The zero-order valence-corrected chi connectivity index (χ0v) is 17.6. The number of furan rings is 1. The van der Waals surface area contributed by atoms with Crippen molar-refractivity contribution >= 4 is 22.7 Å². The molecule has 1 atom stereocenters. The number of esters is 1. The minimum atomic E-state index is -1.91. The Bertz CT molecular complexity index is 1550. The van der Waals surface area contributed by atoms with Gasteiger partial charge in [-0.05, 0) is 30.7 Å². The van der Waals surface area contributed by atoms with Crippen molar-refractivity contribution in [1.82, 2.24) is 9.55 Å². The smallest absolute Gasteiger partial charge is 0.343 e. The highest BCUT2D eigenvalue weighted by atomic mass is 16.6. The molecule has 0 unspecified atom stereocenters. The Morgan fingerprint density at radius 1 is 1.18 bits per heavy atom. The number of benzene rings is 1. The Labute approximate surface area is 187 Å². The summed E-state index contributed by atoms with van der Waals surface area (Å²) in [5, 5.41) is 11.7. The predicted molar refractivity (Wildman–Crippen MR) is 117 cm³/mol. The Hall–Kier alpha value is -4.04. The molecule has 164 valence electrons. The molecule has 1 aromatic carbocycles. The first-order valence-corrected chi connectivity index (χ1v) is 10.6. The van der Waals surface area contributed by atoms with Gasteiger partial charge in [0.2, 0.25) is 5.78 Å². The number of carbonyl (C=O) groups is 2. The largest absolute Gasteiger partial charge is 0.461 e. The number of ketones is 1. The number of aliphatic hydroxyl groups is 1. The topological polar surface area (TPSA) is 112 Å². The van der Waals surface area contributed by atoms with Crippen molar-refractivity contribution in [1.29, 1.82) is 0 Å². The van der Waals surface area contributed by atoms with Crippen molar-refractivity contribution in [2.45, 2.75) is 32.1 Å². The van der Waals surface area contributed by atoms with Gasteiger partial charge < -0.3 is 18.8 Å². The van der Waals surface area contributed by atoms with E-state index < -0.39 is 11.6 Å². The van der Waals surface area contributed by atoms with Gasteiger partial charge in [-0.2, -0.15) is 0 Å². The lowest BCUT2D eigenvalue weighted by Gasteiger charge is -2.31. The number of rotatable bonds is 3. The molecule has 4 aromatic rings. The van der Waals surface area contributed by atoms with Crippen LogP contribution in [0.5, 0.6) is 0 Å². The van der Waals surface area contributed by atoms with Gasteiger partial charge in [0.1, 0.15) is 6.61 Å². The molecule has 1 N–H and O–H groups in total. The molecule has 2 aliphatic heterocycles. The number of hydrogen-bond donors (Lipinski definition) is 1. The monoisotopic (exact) mass is 442 g/mol. The number of aromatic nitrogens is 2. The summed E-state index contributed by atoms with van der Waals surface area (Å²) < 4.78 is 12.0. The van der Waals surface area contributed by atoms with Crippen LogP contribution in [0.15, 0.2) is 57.9 Å². The number of hydrogen-bond acceptors (Lipinski definition) is 7. The molecule has 33 heavy (non-hydrogen) atoms. The molecule has 3 aromatic heterocycles. The van der Waals surface area contributed by atoms with Crippen LogP contribution in [0.2, 0.25) is 0 Å². The molecule has 0 bridgehead atoms. The molecular weight excluding hydrogens is 424 g/mol. The van der Waals surface area contributed by atoms with E-state index in [9.17, 15) is 19.5 Å². The van der Waals surface area contributed by atoms with E-state index in [1.54, 1.807) is 31.2 Å². The van der Waals surface area contributed by atoms with E-state index in [-0.39, 0.29) is 47.8 Å². The minimum Gasteiger partial charge on any atom is -0.461 e. The van der Waals surface area contributed by atoms with Crippen LogP contribution < -0.4 is 5.56 Å². The summed E-state index contributed by atoms with van der Waals surface area (Å²) in [6, 6.07) is 12.1. The Morgan fingerprint density at radius 2 is 2.00 bits per heavy atom. The van der Waals surface area contributed by atoms with E-state index in [4.69, 9.17) is 14.1 Å². The molecule has 8 heteroatoms. The van der Waals surface area contributed by atoms with Gasteiger partial charge in [-0.3, -0.25) is 9.59 Å². The first-order chi connectivity index (χ1) is 15.9. The zero-order chi connectivity index (χ0) is 22.9. The van der Waals surface area contributed by atoms with Gasteiger partial charge in [0, 0.05) is 22.1 Å². The molecule has 5 heterocycles. The Kier molecular flexibility index (Phi) is 4.00. The highest BCUT2D eigenvalue weighted by molar-refractivity contribution is 6.16. The summed E-state index contributed by atoms with van der Waals surface area (Å²) in [4.78, 5) is 44.0. The third-order valence-corrected chi connectivity index (χ3v) is 6.57. The normalized spacial score (nSPS) is 18.5. The maximum Gasteiger partial charge on any atom is 0.343 e. The van der Waals surface area contributed by atoms with Crippen LogP contribution in [0.25, 0.3) is 22.3 Å². The summed E-state index contributed by atoms with van der Waals surface area (Å²) >= 11 is 0. The fourth-order valence-electron chi connectivity index (χ4n) is 4.82. The number of nitrogens with zero attached hydrogens (tertiary/aromatic N) is 2. The highest BCUT2D eigenvalue weighted by Gasteiger charge is 2.45. The van der Waals surface area contributed by atoms with Gasteiger partial charge >= 0.3 is 5.97 Å². The maximum absolute atomic E-state index is 13.5. The average Bonchev–Trinajstić information content (AvgIpc) is 3.49. The highest BCUT2D eigenvalue weighted by Crippen LogP contribution is 2.40. The number of pyridine rings is 2. The molecular formula is C25H18N2O6. The first kappa shape index (κ1) is 19.6. The van der Waals surface area contributed by atoms with E-state index in [0.717, 1.165) is 0 Å². The van der Waals surface area contributed by atoms with E-state index in [1.165, 1.54) is 10.8 Å². The summed E-state index contributed by atoms with van der Waals surface area (Å²) in [5.74, 6) is -0.889. The predicted octanol–water partition coefficient (Wildman–Crippen LogP) is 2.90. The number of fused-ring (bicyclic) bond motifs is 5. The van der Waals surface area contributed by atoms with Crippen LogP contribution in [-0.2, 0) is 28.3 Å². The lowest BCUT2D eigenvalue weighted by molar-refractivity contribution is -0.172. The third kappa shape index (κ3) is 2.55. The first-order valence-electron chi connectivity index (χ1n) is 10.6.